The molecule has 0 radical (unpaired) electrons. The largest absolute Gasteiger partial charge is 0.361 e. The van der Waals surface area contributed by atoms with E-state index in [-0.39, 0.29) is 11.1 Å². The van der Waals surface area contributed by atoms with Crippen molar-refractivity contribution in [2.45, 2.75) is 53.3 Å². The quantitative estimate of drug-likeness (QED) is 0.677. The van der Waals surface area contributed by atoms with Crippen LogP contribution in [0.25, 0.3) is 0 Å². The molecule has 1 aliphatic rings. The molecule has 0 saturated carbocycles. The van der Waals surface area contributed by atoms with Crippen LogP contribution < -0.4 is 5.32 Å². The summed E-state index contributed by atoms with van der Waals surface area (Å²) >= 11 is 0. The fourth-order valence-electron chi connectivity index (χ4n) is 2.14. The molecule has 0 aromatic carbocycles. The molecule has 0 amide bonds. The first kappa shape index (κ1) is 11.0. The standard InChI is InChI=1S/C11H23NO/c1-8(2)9-10(3,4)7-13-11(5,6)12-9/h8-9,12H,7H2,1-6H3. The van der Waals surface area contributed by atoms with Gasteiger partial charge < -0.3 is 4.74 Å². The Morgan fingerprint density at radius 1 is 1.23 bits per heavy atom. The van der Waals surface area contributed by atoms with Gasteiger partial charge in [-0.1, -0.05) is 27.7 Å². The SMILES string of the molecule is CC(C)C1NC(C)(C)OCC1(C)C. The topological polar surface area (TPSA) is 21.3 Å². The molecule has 0 spiro atoms. The molecule has 78 valence electrons. The first-order chi connectivity index (χ1) is 5.75. The number of hydrogen-bond donors (Lipinski definition) is 1. The van der Waals surface area contributed by atoms with E-state index in [0.29, 0.717) is 12.0 Å². The molecule has 0 bridgehead atoms. The predicted octanol–water partition coefficient (Wildman–Crippen LogP) is 2.39. The Kier molecular flexibility index (Phi) is 2.75. The third-order valence-electron chi connectivity index (χ3n) is 2.82. The molecule has 1 heterocycles. The van der Waals surface area contributed by atoms with Gasteiger partial charge in [0, 0.05) is 11.5 Å². The summed E-state index contributed by atoms with van der Waals surface area (Å²) in [7, 11) is 0. The summed E-state index contributed by atoms with van der Waals surface area (Å²) in [5.74, 6) is 0.651. The van der Waals surface area contributed by atoms with Gasteiger partial charge in [-0.15, -0.1) is 0 Å². The van der Waals surface area contributed by atoms with Crippen LogP contribution in [0, 0.1) is 11.3 Å². The normalized spacial score (nSPS) is 32.1. The third-order valence-corrected chi connectivity index (χ3v) is 2.82. The summed E-state index contributed by atoms with van der Waals surface area (Å²) in [4.78, 5) is 0. The molecular formula is C11H23NO. The van der Waals surface area contributed by atoms with E-state index in [1.54, 1.807) is 0 Å². The van der Waals surface area contributed by atoms with Crippen LogP contribution in [0.2, 0.25) is 0 Å². The van der Waals surface area contributed by atoms with Crippen LogP contribution >= 0.6 is 0 Å². The maximum Gasteiger partial charge on any atom is 0.113 e. The summed E-state index contributed by atoms with van der Waals surface area (Å²) in [6, 6.07) is 0.538. The molecular weight excluding hydrogens is 162 g/mol. The zero-order valence-electron chi connectivity index (χ0n) is 9.77. The molecule has 1 unspecified atom stereocenters. The lowest BCUT2D eigenvalue weighted by Gasteiger charge is -2.48. The maximum atomic E-state index is 5.75. The fraction of sp³-hybridized carbons (Fsp3) is 1.00. The van der Waals surface area contributed by atoms with Crippen LogP contribution in [-0.2, 0) is 4.74 Å². The summed E-state index contributed by atoms with van der Waals surface area (Å²) in [6.45, 7) is 14.1. The van der Waals surface area contributed by atoms with E-state index in [1.165, 1.54) is 0 Å². The lowest BCUT2D eigenvalue weighted by molar-refractivity contribution is -0.145. The van der Waals surface area contributed by atoms with Gasteiger partial charge in [0.25, 0.3) is 0 Å². The Morgan fingerprint density at radius 2 is 1.77 bits per heavy atom. The van der Waals surface area contributed by atoms with E-state index in [4.69, 9.17) is 4.74 Å². The van der Waals surface area contributed by atoms with Crippen molar-refractivity contribution in [3.05, 3.63) is 0 Å². The summed E-state index contributed by atoms with van der Waals surface area (Å²) < 4.78 is 5.75. The Bertz CT molecular complexity index is 185. The lowest BCUT2D eigenvalue weighted by atomic mass is 9.77. The minimum absolute atomic E-state index is 0.162. The number of hydrogen-bond acceptors (Lipinski definition) is 2. The molecule has 2 heteroatoms. The van der Waals surface area contributed by atoms with Crippen molar-refractivity contribution in [3.8, 4) is 0 Å². The van der Waals surface area contributed by atoms with E-state index in [2.05, 4.69) is 46.9 Å². The van der Waals surface area contributed by atoms with Crippen LogP contribution in [0.5, 0.6) is 0 Å². The molecule has 13 heavy (non-hydrogen) atoms. The average molecular weight is 185 g/mol. The van der Waals surface area contributed by atoms with E-state index >= 15 is 0 Å². The molecule has 1 N–H and O–H groups in total. The van der Waals surface area contributed by atoms with E-state index in [9.17, 15) is 0 Å². The Morgan fingerprint density at radius 3 is 2.15 bits per heavy atom. The predicted molar refractivity (Wildman–Crippen MR) is 55.6 cm³/mol. The van der Waals surface area contributed by atoms with Crippen LogP contribution in [0.1, 0.15) is 41.5 Å². The van der Waals surface area contributed by atoms with Crippen LogP contribution in [0.15, 0.2) is 0 Å². The summed E-state index contributed by atoms with van der Waals surface area (Å²) in [5, 5.41) is 3.56. The van der Waals surface area contributed by atoms with Gasteiger partial charge in [-0.2, -0.15) is 0 Å². The lowest BCUT2D eigenvalue weighted by Crippen LogP contribution is -2.62. The van der Waals surface area contributed by atoms with Crippen molar-refractivity contribution in [1.29, 1.82) is 0 Å². The molecule has 1 aliphatic heterocycles. The molecule has 0 aromatic heterocycles. The zero-order valence-corrected chi connectivity index (χ0v) is 9.77. The first-order valence-corrected chi connectivity index (χ1v) is 5.16. The van der Waals surface area contributed by atoms with Crippen molar-refractivity contribution in [3.63, 3.8) is 0 Å². The van der Waals surface area contributed by atoms with Gasteiger partial charge in [0.05, 0.1) is 6.61 Å². The minimum Gasteiger partial charge on any atom is -0.361 e. The smallest absolute Gasteiger partial charge is 0.113 e. The highest BCUT2D eigenvalue weighted by Gasteiger charge is 2.41. The second kappa shape index (κ2) is 3.25. The van der Waals surface area contributed by atoms with Crippen LogP contribution in [0.4, 0.5) is 0 Å². The van der Waals surface area contributed by atoms with Crippen LogP contribution in [-0.4, -0.2) is 18.4 Å². The van der Waals surface area contributed by atoms with Gasteiger partial charge in [0.2, 0.25) is 0 Å². The number of rotatable bonds is 1. The Labute approximate surface area is 82.0 Å². The fourth-order valence-corrected chi connectivity index (χ4v) is 2.14. The molecule has 1 fully saturated rings. The first-order valence-electron chi connectivity index (χ1n) is 5.16. The van der Waals surface area contributed by atoms with Gasteiger partial charge in [-0.05, 0) is 19.8 Å². The Hall–Kier alpha value is -0.0800. The third kappa shape index (κ3) is 2.44. The van der Waals surface area contributed by atoms with Gasteiger partial charge in [-0.3, -0.25) is 5.32 Å². The van der Waals surface area contributed by atoms with E-state index in [0.717, 1.165) is 6.61 Å². The highest BCUT2D eigenvalue weighted by Crippen LogP contribution is 2.33. The zero-order chi connectivity index (χ0) is 10.3. The second-order valence-electron chi connectivity index (χ2n) is 5.65. The van der Waals surface area contributed by atoms with Gasteiger partial charge >= 0.3 is 0 Å². The highest BCUT2D eigenvalue weighted by atomic mass is 16.5. The molecule has 1 atom stereocenters. The van der Waals surface area contributed by atoms with Crippen molar-refractivity contribution in [2.75, 3.05) is 6.61 Å². The Balaban J connectivity index is 2.76. The molecule has 2 nitrogen and oxygen atoms in total. The van der Waals surface area contributed by atoms with Crippen LogP contribution in [0.3, 0.4) is 0 Å². The summed E-state index contributed by atoms with van der Waals surface area (Å²) in [5.41, 5.74) is 0.0775. The van der Waals surface area contributed by atoms with E-state index in [1.807, 2.05) is 0 Å². The molecule has 1 rings (SSSR count). The second-order valence-corrected chi connectivity index (χ2v) is 5.65. The monoisotopic (exact) mass is 185 g/mol. The highest BCUT2D eigenvalue weighted by molar-refractivity contribution is 4.93. The van der Waals surface area contributed by atoms with Gasteiger partial charge in [0.15, 0.2) is 0 Å². The van der Waals surface area contributed by atoms with Crippen molar-refractivity contribution in [1.82, 2.24) is 5.32 Å². The van der Waals surface area contributed by atoms with Crippen molar-refractivity contribution < 1.29 is 4.74 Å². The van der Waals surface area contributed by atoms with Crippen molar-refractivity contribution >= 4 is 0 Å². The van der Waals surface area contributed by atoms with Gasteiger partial charge in [-0.25, -0.2) is 0 Å². The minimum atomic E-state index is -0.162. The number of ether oxygens (including phenoxy) is 1. The average Bonchev–Trinajstić information content (AvgIpc) is 1.95. The van der Waals surface area contributed by atoms with Gasteiger partial charge in [0.1, 0.15) is 5.72 Å². The number of nitrogens with one attached hydrogen (secondary N) is 1. The molecule has 0 aliphatic carbocycles. The molecule has 0 aromatic rings. The molecule has 1 saturated heterocycles. The van der Waals surface area contributed by atoms with Crippen molar-refractivity contribution in [2.24, 2.45) is 11.3 Å². The summed E-state index contributed by atoms with van der Waals surface area (Å²) in [6.07, 6.45) is 0. The maximum absolute atomic E-state index is 5.75. The van der Waals surface area contributed by atoms with E-state index < -0.39 is 0 Å².